The SMILES string of the molecule is OC1(Cc2cn(Cc3cccc(F)c3)nn2)CCSC1. The van der Waals surface area contributed by atoms with Crippen molar-refractivity contribution in [3.05, 3.63) is 47.5 Å². The van der Waals surface area contributed by atoms with Crippen LogP contribution in [0.3, 0.4) is 0 Å². The smallest absolute Gasteiger partial charge is 0.123 e. The summed E-state index contributed by atoms with van der Waals surface area (Å²) in [7, 11) is 0. The summed E-state index contributed by atoms with van der Waals surface area (Å²) < 4.78 is 14.8. The van der Waals surface area contributed by atoms with Crippen LogP contribution in [0, 0.1) is 5.82 Å². The van der Waals surface area contributed by atoms with Crippen molar-refractivity contribution in [2.24, 2.45) is 0 Å². The van der Waals surface area contributed by atoms with E-state index in [0.717, 1.165) is 29.2 Å². The van der Waals surface area contributed by atoms with Gasteiger partial charge in [0.2, 0.25) is 0 Å². The van der Waals surface area contributed by atoms with Crippen molar-refractivity contribution in [3.8, 4) is 0 Å². The molecule has 2 aromatic rings. The van der Waals surface area contributed by atoms with Gasteiger partial charge in [-0.25, -0.2) is 9.07 Å². The minimum absolute atomic E-state index is 0.250. The molecule has 0 amide bonds. The maximum absolute atomic E-state index is 13.1. The predicted molar refractivity (Wildman–Crippen MR) is 76.1 cm³/mol. The molecule has 6 heteroatoms. The van der Waals surface area contributed by atoms with Gasteiger partial charge in [0.25, 0.3) is 0 Å². The number of hydrogen-bond acceptors (Lipinski definition) is 4. The van der Waals surface area contributed by atoms with Crippen LogP contribution in [0.2, 0.25) is 0 Å². The highest BCUT2D eigenvalue weighted by Crippen LogP contribution is 2.30. The fraction of sp³-hybridized carbons (Fsp3) is 0.429. The van der Waals surface area contributed by atoms with Crippen molar-refractivity contribution in [2.45, 2.75) is 25.0 Å². The third kappa shape index (κ3) is 3.19. The minimum Gasteiger partial charge on any atom is -0.389 e. The van der Waals surface area contributed by atoms with Crippen LogP contribution in [0.5, 0.6) is 0 Å². The van der Waals surface area contributed by atoms with E-state index < -0.39 is 5.60 Å². The Balaban J connectivity index is 1.67. The Morgan fingerprint density at radius 2 is 2.35 bits per heavy atom. The van der Waals surface area contributed by atoms with Crippen molar-refractivity contribution in [1.29, 1.82) is 0 Å². The van der Waals surface area contributed by atoms with Gasteiger partial charge in [0.15, 0.2) is 0 Å². The van der Waals surface area contributed by atoms with Crippen molar-refractivity contribution in [3.63, 3.8) is 0 Å². The molecule has 1 aliphatic rings. The van der Waals surface area contributed by atoms with Crippen LogP contribution < -0.4 is 0 Å². The van der Waals surface area contributed by atoms with Crippen LogP contribution in [0.25, 0.3) is 0 Å². The summed E-state index contributed by atoms with van der Waals surface area (Å²) in [5.74, 6) is 1.50. The van der Waals surface area contributed by atoms with E-state index in [4.69, 9.17) is 0 Å². The molecule has 1 N–H and O–H groups in total. The largest absolute Gasteiger partial charge is 0.389 e. The molecule has 1 aromatic heterocycles. The molecule has 1 unspecified atom stereocenters. The zero-order valence-corrected chi connectivity index (χ0v) is 11.8. The lowest BCUT2D eigenvalue weighted by Gasteiger charge is -2.18. The lowest BCUT2D eigenvalue weighted by molar-refractivity contribution is 0.0676. The summed E-state index contributed by atoms with van der Waals surface area (Å²) >= 11 is 1.76. The number of rotatable bonds is 4. The summed E-state index contributed by atoms with van der Waals surface area (Å²) in [4.78, 5) is 0. The molecule has 0 spiro atoms. The van der Waals surface area contributed by atoms with Crippen molar-refractivity contribution in [2.75, 3.05) is 11.5 Å². The van der Waals surface area contributed by atoms with Crippen LogP contribution in [-0.4, -0.2) is 37.2 Å². The van der Waals surface area contributed by atoms with Crippen LogP contribution >= 0.6 is 11.8 Å². The number of benzene rings is 1. The molecule has 1 atom stereocenters. The van der Waals surface area contributed by atoms with Crippen LogP contribution in [0.15, 0.2) is 30.5 Å². The first-order chi connectivity index (χ1) is 9.63. The highest BCUT2D eigenvalue weighted by molar-refractivity contribution is 7.99. The maximum atomic E-state index is 13.1. The van der Waals surface area contributed by atoms with Crippen molar-refractivity contribution in [1.82, 2.24) is 15.0 Å². The Kier molecular flexibility index (Phi) is 3.76. The lowest BCUT2D eigenvalue weighted by Crippen LogP contribution is -2.30. The molecule has 4 nitrogen and oxygen atoms in total. The molecule has 0 bridgehead atoms. The summed E-state index contributed by atoms with van der Waals surface area (Å²) in [6.07, 6.45) is 3.16. The van der Waals surface area contributed by atoms with Crippen molar-refractivity contribution >= 4 is 11.8 Å². The number of aromatic nitrogens is 3. The first-order valence-corrected chi connectivity index (χ1v) is 7.72. The molecular weight excluding hydrogens is 277 g/mol. The minimum atomic E-state index is -0.648. The number of nitrogens with zero attached hydrogens (tertiary/aromatic N) is 3. The number of aliphatic hydroxyl groups is 1. The third-order valence-corrected chi connectivity index (χ3v) is 4.65. The molecule has 3 rings (SSSR count). The van der Waals surface area contributed by atoms with Gasteiger partial charge < -0.3 is 5.11 Å². The van der Waals surface area contributed by atoms with Crippen LogP contribution in [0.1, 0.15) is 17.7 Å². The van der Waals surface area contributed by atoms with E-state index in [-0.39, 0.29) is 5.82 Å². The normalized spacial score (nSPS) is 22.3. The van der Waals surface area contributed by atoms with Gasteiger partial charge in [0.05, 0.1) is 17.8 Å². The first kappa shape index (κ1) is 13.6. The fourth-order valence-corrected chi connectivity index (χ4v) is 3.69. The third-order valence-electron chi connectivity index (χ3n) is 3.41. The summed E-state index contributed by atoms with van der Waals surface area (Å²) in [5.41, 5.74) is 0.979. The molecular formula is C14H16FN3OS. The Morgan fingerprint density at radius 3 is 3.10 bits per heavy atom. The number of hydrogen-bond donors (Lipinski definition) is 1. The van der Waals surface area contributed by atoms with Gasteiger partial charge in [0, 0.05) is 18.4 Å². The molecule has 2 heterocycles. The van der Waals surface area contributed by atoms with E-state index >= 15 is 0 Å². The summed E-state index contributed by atoms with van der Waals surface area (Å²) in [5, 5.41) is 18.5. The zero-order valence-electron chi connectivity index (χ0n) is 11.0. The molecule has 20 heavy (non-hydrogen) atoms. The van der Waals surface area contributed by atoms with Crippen LogP contribution in [-0.2, 0) is 13.0 Å². The molecule has 1 aromatic carbocycles. The Hall–Kier alpha value is -1.40. The van der Waals surface area contributed by atoms with Gasteiger partial charge in [-0.2, -0.15) is 11.8 Å². The van der Waals surface area contributed by atoms with E-state index in [2.05, 4.69) is 10.3 Å². The molecule has 1 fully saturated rings. The van der Waals surface area contributed by atoms with Gasteiger partial charge in [0.1, 0.15) is 5.82 Å². The van der Waals surface area contributed by atoms with E-state index in [1.165, 1.54) is 12.1 Å². The Labute approximate surface area is 121 Å². The van der Waals surface area contributed by atoms with E-state index in [9.17, 15) is 9.50 Å². The number of halogens is 1. The number of thioether (sulfide) groups is 1. The molecule has 0 radical (unpaired) electrons. The molecule has 106 valence electrons. The Morgan fingerprint density at radius 1 is 1.45 bits per heavy atom. The molecule has 1 saturated heterocycles. The topological polar surface area (TPSA) is 50.9 Å². The van der Waals surface area contributed by atoms with Gasteiger partial charge in [-0.15, -0.1) is 5.10 Å². The average molecular weight is 293 g/mol. The van der Waals surface area contributed by atoms with Gasteiger partial charge in [-0.05, 0) is 29.9 Å². The van der Waals surface area contributed by atoms with Crippen molar-refractivity contribution < 1.29 is 9.50 Å². The summed E-state index contributed by atoms with van der Waals surface area (Å²) in [6.45, 7) is 0.484. The van der Waals surface area contributed by atoms with Gasteiger partial charge in [-0.3, -0.25) is 0 Å². The second-order valence-electron chi connectivity index (χ2n) is 5.24. The quantitative estimate of drug-likeness (QED) is 0.935. The standard InChI is InChI=1S/C14H16FN3OS/c15-12-3-1-2-11(6-12)8-18-9-13(16-17-18)7-14(19)4-5-20-10-14/h1-3,6,9,19H,4-5,7-8,10H2. The molecule has 1 aliphatic heterocycles. The second-order valence-corrected chi connectivity index (χ2v) is 6.35. The van der Waals surface area contributed by atoms with E-state index in [1.54, 1.807) is 22.5 Å². The Bertz CT molecular complexity index is 596. The maximum Gasteiger partial charge on any atom is 0.123 e. The average Bonchev–Trinajstić information content (AvgIpc) is 3.00. The van der Waals surface area contributed by atoms with Gasteiger partial charge in [-0.1, -0.05) is 17.3 Å². The zero-order chi connectivity index (χ0) is 14.0. The molecule has 0 saturated carbocycles. The van der Waals surface area contributed by atoms with E-state index in [0.29, 0.717) is 13.0 Å². The fourth-order valence-electron chi connectivity index (χ4n) is 2.39. The predicted octanol–water partition coefficient (Wildman–Crippen LogP) is 1.88. The van der Waals surface area contributed by atoms with Gasteiger partial charge >= 0.3 is 0 Å². The van der Waals surface area contributed by atoms with E-state index in [1.807, 2.05) is 12.3 Å². The summed E-state index contributed by atoms with van der Waals surface area (Å²) in [6, 6.07) is 6.44. The lowest BCUT2D eigenvalue weighted by atomic mass is 9.98. The highest BCUT2D eigenvalue weighted by atomic mass is 32.2. The second kappa shape index (κ2) is 5.54. The van der Waals surface area contributed by atoms with Crippen LogP contribution in [0.4, 0.5) is 4.39 Å². The first-order valence-electron chi connectivity index (χ1n) is 6.57. The molecule has 0 aliphatic carbocycles. The monoisotopic (exact) mass is 293 g/mol. The highest BCUT2D eigenvalue weighted by Gasteiger charge is 2.32.